The summed E-state index contributed by atoms with van der Waals surface area (Å²) in [4.78, 5) is 18.0. The van der Waals surface area contributed by atoms with Crippen LogP contribution in [0, 0.1) is 6.92 Å². The first-order valence-electron chi connectivity index (χ1n) is 8.28. The molecule has 132 valence electrons. The van der Waals surface area contributed by atoms with Gasteiger partial charge in [0.15, 0.2) is 0 Å². The molecular formula is C19H22ClN3OS. The molecule has 1 heterocycles. The molecule has 0 aromatic heterocycles. The summed E-state index contributed by atoms with van der Waals surface area (Å²) in [7, 11) is 0. The zero-order chi connectivity index (χ0) is 17.8. The third-order valence-electron chi connectivity index (χ3n) is 4.42. The van der Waals surface area contributed by atoms with Crippen LogP contribution in [-0.4, -0.2) is 43.4 Å². The first-order valence-corrected chi connectivity index (χ1v) is 9.89. The van der Waals surface area contributed by atoms with E-state index in [0.717, 1.165) is 24.3 Å². The van der Waals surface area contributed by atoms with Crippen LogP contribution in [0.25, 0.3) is 0 Å². The molecule has 0 aliphatic carbocycles. The third-order valence-corrected chi connectivity index (χ3v) is 5.61. The first-order chi connectivity index (χ1) is 12.1. The minimum Gasteiger partial charge on any atom is -0.367 e. The molecule has 1 N–H and O–H groups in total. The molecule has 25 heavy (non-hydrogen) atoms. The monoisotopic (exact) mass is 375 g/mol. The number of rotatable bonds is 3. The molecule has 1 aliphatic rings. The van der Waals surface area contributed by atoms with Gasteiger partial charge in [-0.2, -0.15) is 0 Å². The Morgan fingerprint density at radius 3 is 2.52 bits per heavy atom. The van der Waals surface area contributed by atoms with Gasteiger partial charge in [-0.15, -0.1) is 11.8 Å². The largest absolute Gasteiger partial charge is 0.367 e. The molecule has 1 saturated heterocycles. The number of benzene rings is 2. The number of amides is 2. The molecule has 1 aliphatic heterocycles. The number of anilines is 2. The lowest BCUT2D eigenvalue weighted by Crippen LogP contribution is -2.50. The molecule has 0 radical (unpaired) electrons. The molecule has 0 unspecified atom stereocenters. The zero-order valence-electron chi connectivity index (χ0n) is 14.5. The number of carbonyl (C=O) groups is 1. The van der Waals surface area contributed by atoms with E-state index in [1.807, 2.05) is 24.0 Å². The second kappa shape index (κ2) is 8.02. The fraction of sp³-hybridized carbons (Fsp3) is 0.316. The van der Waals surface area contributed by atoms with E-state index in [1.165, 1.54) is 10.6 Å². The van der Waals surface area contributed by atoms with Crippen LogP contribution in [0.1, 0.15) is 5.56 Å². The number of halogens is 1. The lowest BCUT2D eigenvalue weighted by atomic mass is 10.2. The maximum absolute atomic E-state index is 12.5. The van der Waals surface area contributed by atoms with Crippen molar-refractivity contribution in [2.75, 3.05) is 42.7 Å². The molecule has 2 amide bonds. The van der Waals surface area contributed by atoms with E-state index in [1.54, 1.807) is 17.8 Å². The lowest BCUT2D eigenvalue weighted by Gasteiger charge is -2.36. The van der Waals surface area contributed by atoms with Crippen LogP contribution in [0.15, 0.2) is 47.4 Å². The van der Waals surface area contributed by atoms with Crippen molar-refractivity contribution in [2.45, 2.75) is 11.8 Å². The molecule has 0 atom stereocenters. The minimum absolute atomic E-state index is 0.0716. The predicted octanol–water partition coefficient (Wildman–Crippen LogP) is 4.72. The number of hydrogen-bond acceptors (Lipinski definition) is 3. The number of urea groups is 1. The molecule has 4 nitrogen and oxygen atoms in total. The summed E-state index contributed by atoms with van der Waals surface area (Å²) < 4.78 is 0. The molecule has 0 saturated carbocycles. The highest BCUT2D eigenvalue weighted by Crippen LogP contribution is 2.29. The minimum atomic E-state index is -0.0716. The summed E-state index contributed by atoms with van der Waals surface area (Å²) in [6, 6.07) is 13.9. The van der Waals surface area contributed by atoms with E-state index in [0.29, 0.717) is 18.1 Å². The lowest BCUT2D eigenvalue weighted by molar-refractivity contribution is 0.208. The van der Waals surface area contributed by atoms with Crippen LogP contribution >= 0.6 is 23.4 Å². The number of thioether (sulfide) groups is 1. The number of hydrogen-bond donors (Lipinski definition) is 1. The normalized spacial score (nSPS) is 14.5. The number of nitrogens with one attached hydrogen (secondary N) is 1. The van der Waals surface area contributed by atoms with Crippen LogP contribution in [0.5, 0.6) is 0 Å². The van der Waals surface area contributed by atoms with Gasteiger partial charge in [-0.1, -0.05) is 29.8 Å². The summed E-state index contributed by atoms with van der Waals surface area (Å²) in [5.74, 6) is 0. The van der Waals surface area contributed by atoms with E-state index >= 15 is 0 Å². The SMILES string of the molecule is CSc1ccccc1N1CCN(C(=O)Nc2ccc(C)c(Cl)c2)CC1. The maximum Gasteiger partial charge on any atom is 0.321 e. The van der Waals surface area contributed by atoms with Gasteiger partial charge >= 0.3 is 6.03 Å². The summed E-state index contributed by atoms with van der Waals surface area (Å²) in [5, 5.41) is 3.60. The third kappa shape index (κ3) is 4.22. The quantitative estimate of drug-likeness (QED) is 0.788. The fourth-order valence-electron chi connectivity index (χ4n) is 2.91. The highest BCUT2D eigenvalue weighted by Gasteiger charge is 2.22. The molecule has 0 spiro atoms. The maximum atomic E-state index is 12.5. The van der Waals surface area contributed by atoms with Crippen molar-refractivity contribution in [3.63, 3.8) is 0 Å². The number of para-hydroxylation sites is 1. The van der Waals surface area contributed by atoms with Crippen LogP contribution in [-0.2, 0) is 0 Å². The Kier molecular flexibility index (Phi) is 5.76. The van der Waals surface area contributed by atoms with Gasteiger partial charge in [-0.25, -0.2) is 4.79 Å². The van der Waals surface area contributed by atoms with Gasteiger partial charge in [0.25, 0.3) is 0 Å². The average Bonchev–Trinajstić information content (AvgIpc) is 2.65. The van der Waals surface area contributed by atoms with Crippen molar-refractivity contribution in [3.05, 3.63) is 53.1 Å². The summed E-state index contributed by atoms with van der Waals surface area (Å²) in [6.07, 6.45) is 2.09. The van der Waals surface area contributed by atoms with Gasteiger partial charge in [0.1, 0.15) is 0 Å². The first kappa shape index (κ1) is 18.0. The van der Waals surface area contributed by atoms with Crippen LogP contribution < -0.4 is 10.2 Å². The molecule has 3 rings (SSSR count). The van der Waals surface area contributed by atoms with Crippen LogP contribution in [0.3, 0.4) is 0 Å². The fourth-order valence-corrected chi connectivity index (χ4v) is 3.72. The summed E-state index contributed by atoms with van der Waals surface area (Å²) in [5.41, 5.74) is 2.98. The van der Waals surface area contributed by atoms with Crippen LogP contribution in [0.2, 0.25) is 5.02 Å². The number of nitrogens with zero attached hydrogens (tertiary/aromatic N) is 2. The van der Waals surface area contributed by atoms with E-state index in [4.69, 9.17) is 11.6 Å². The highest BCUT2D eigenvalue weighted by atomic mass is 35.5. The predicted molar refractivity (Wildman–Crippen MR) is 107 cm³/mol. The van der Waals surface area contributed by atoms with Crippen molar-refractivity contribution in [2.24, 2.45) is 0 Å². The van der Waals surface area contributed by atoms with E-state index < -0.39 is 0 Å². The van der Waals surface area contributed by atoms with Gasteiger partial charge in [0.05, 0.1) is 5.69 Å². The number of aryl methyl sites for hydroxylation is 1. The van der Waals surface area contributed by atoms with E-state index in [-0.39, 0.29) is 6.03 Å². The second-order valence-corrected chi connectivity index (χ2v) is 7.30. The topological polar surface area (TPSA) is 35.6 Å². The van der Waals surface area contributed by atoms with Gasteiger partial charge in [0, 0.05) is 41.8 Å². The zero-order valence-corrected chi connectivity index (χ0v) is 16.0. The standard InChI is InChI=1S/C19H22ClN3OS/c1-14-7-8-15(13-16(14)20)21-19(24)23-11-9-22(10-12-23)17-5-3-4-6-18(17)25-2/h3-8,13H,9-12H2,1-2H3,(H,21,24). The molecule has 1 fully saturated rings. The van der Waals surface area contributed by atoms with E-state index in [9.17, 15) is 4.79 Å². The number of carbonyl (C=O) groups excluding carboxylic acids is 1. The molecule has 0 bridgehead atoms. The Morgan fingerprint density at radius 2 is 1.84 bits per heavy atom. The number of piperazine rings is 1. The Bertz CT molecular complexity index is 760. The van der Waals surface area contributed by atoms with Crippen molar-refractivity contribution in [1.82, 2.24) is 4.90 Å². The Labute approximate surface area is 158 Å². The molecule has 2 aromatic rings. The van der Waals surface area contributed by atoms with E-state index in [2.05, 4.69) is 40.7 Å². The van der Waals surface area contributed by atoms with Crippen molar-refractivity contribution in [1.29, 1.82) is 0 Å². The van der Waals surface area contributed by atoms with Crippen molar-refractivity contribution < 1.29 is 4.79 Å². The van der Waals surface area contributed by atoms with Crippen molar-refractivity contribution in [3.8, 4) is 0 Å². The Morgan fingerprint density at radius 1 is 1.12 bits per heavy atom. The smallest absolute Gasteiger partial charge is 0.321 e. The summed E-state index contributed by atoms with van der Waals surface area (Å²) >= 11 is 7.88. The van der Waals surface area contributed by atoms with Gasteiger partial charge in [-0.05, 0) is 43.0 Å². The van der Waals surface area contributed by atoms with Gasteiger partial charge < -0.3 is 15.1 Å². The Hall–Kier alpha value is -1.85. The summed E-state index contributed by atoms with van der Waals surface area (Å²) in [6.45, 7) is 5.02. The highest BCUT2D eigenvalue weighted by molar-refractivity contribution is 7.98. The van der Waals surface area contributed by atoms with Gasteiger partial charge in [-0.3, -0.25) is 0 Å². The second-order valence-electron chi connectivity index (χ2n) is 6.04. The molecule has 2 aromatic carbocycles. The average molecular weight is 376 g/mol. The van der Waals surface area contributed by atoms with Crippen LogP contribution in [0.4, 0.5) is 16.2 Å². The molecular weight excluding hydrogens is 354 g/mol. The van der Waals surface area contributed by atoms with Gasteiger partial charge in [0.2, 0.25) is 0 Å². The Balaban J connectivity index is 1.60. The molecule has 6 heteroatoms. The van der Waals surface area contributed by atoms with Crippen molar-refractivity contribution >= 4 is 40.8 Å².